The van der Waals surface area contributed by atoms with Crippen molar-refractivity contribution in [3.63, 3.8) is 0 Å². The summed E-state index contributed by atoms with van der Waals surface area (Å²) in [5.74, 6) is 0.350. The molecule has 136 valence electrons. The van der Waals surface area contributed by atoms with E-state index in [0.717, 1.165) is 25.2 Å². The first-order valence-corrected chi connectivity index (χ1v) is 9.24. The lowest BCUT2D eigenvalue weighted by Crippen LogP contribution is -2.62. The Morgan fingerprint density at radius 2 is 1.56 bits per heavy atom. The van der Waals surface area contributed by atoms with E-state index in [1.165, 1.54) is 0 Å². The molecule has 0 unspecified atom stereocenters. The van der Waals surface area contributed by atoms with Gasteiger partial charge in [0.2, 0.25) is 11.8 Å². The average molecular weight is 343 g/mol. The first kappa shape index (κ1) is 17.8. The molecule has 25 heavy (non-hydrogen) atoms. The molecule has 2 aliphatic heterocycles. The lowest BCUT2D eigenvalue weighted by molar-refractivity contribution is -0.147. The van der Waals surface area contributed by atoms with Gasteiger partial charge in [0.05, 0.1) is 0 Å². The van der Waals surface area contributed by atoms with Crippen LogP contribution in [-0.2, 0) is 9.59 Å². The molecule has 1 aromatic rings. The zero-order valence-corrected chi connectivity index (χ0v) is 15.5. The average Bonchev–Trinajstić information content (AvgIpc) is 2.53. The quantitative estimate of drug-likeness (QED) is 0.918. The Kier molecular flexibility index (Phi) is 4.76. The summed E-state index contributed by atoms with van der Waals surface area (Å²) in [6, 6.07) is 9.92. The van der Waals surface area contributed by atoms with Crippen LogP contribution >= 0.6 is 0 Å². The van der Waals surface area contributed by atoms with Crippen LogP contribution in [0.3, 0.4) is 0 Å². The van der Waals surface area contributed by atoms with Gasteiger partial charge < -0.3 is 15.1 Å². The lowest BCUT2D eigenvalue weighted by atomic mass is 9.83. The van der Waals surface area contributed by atoms with Crippen molar-refractivity contribution in [2.75, 3.05) is 31.5 Å². The summed E-state index contributed by atoms with van der Waals surface area (Å²) in [6.07, 6.45) is 2.39. The molecule has 1 N–H and O–H groups in total. The normalized spacial score (nSPS) is 20.0. The molecular formula is C20H29N3O2. The second-order valence-corrected chi connectivity index (χ2v) is 8.26. The molecule has 0 atom stereocenters. The predicted octanol–water partition coefficient (Wildman–Crippen LogP) is 2.74. The zero-order chi connectivity index (χ0) is 18.1. The van der Waals surface area contributed by atoms with Crippen molar-refractivity contribution in [2.24, 2.45) is 5.41 Å². The number of hydrogen-bond acceptors (Lipinski definition) is 3. The highest BCUT2D eigenvalue weighted by Crippen LogP contribution is 2.32. The molecule has 0 bridgehead atoms. The van der Waals surface area contributed by atoms with E-state index in [1.807, 2.05) is 60.9 Å². The van der Waals surface area contributed by atoms with Gasteiger partial charge in [-0.3, -0.25) is 9.59 Å². The third kappa shape index (κ3) is 3.65. The summed E-state index contributed by atoms with van der Waals surface area (Å²) < 4.78 is 0. The van der Waals surface area contributed by atoms with E-state index in [9.17, 15) is 9.59 Å². The molecule has 0 spiro atoms. The van der Waals surface area contributed by atoms with Crippen LogP contribution in [0.25, 0.3) is 0 Å². The Labute approximate surface area is 150 Å². The monoisotopic (exact) mass is 343 g/mol. The van der Waals surface area contributed by atoms with Gasteiger partial charge in [-0.15, -0.1) is 0 Å². The molecule has 2 saturated heterocycles. The van der Waals surface area contributed by atoms with Crippen LogP contribution in [-0.4, -0.2) is 53.3 Å². The minimum Gasteiger partial charge on any atom is -0.371 e. The topological polar surface area (TPSA) is 52.7 Å². The maximum absolute atomic E-state index is 13.1. The lowest BCUT2D eigenvalue weighted by Gasteiger charge is -2.47. The molecule has 0 aromatic heterocycles. The van der Waals surface area contributed by atoms with Gasteiger partial charge in [-0.1, -0.05) is 39.0 Å². The molecule has 5 heteroatoms. The third-order valence-corrected chi connectivity index (χ3v) is 5.26. The van der Waals surface area contributed by atoms with Crippen molar-refractivity contribution in [3.8, 4) is 0 Å². The zero-order valence-electron chi connectivity index (χ0n) is 15.5. The van der Waals surface area contributed by atoms with E-state index in [-0.39, 0.29) is 17.2 Å². The predicted molar refractivity (Wildman–Crippen MR) is 99.3 cm³/mol. The summed E-state index contributed by atoms with van der Waals surface area (Å²) in [5, 5.41) is 3.51. The van der Waals surface area contributed by atoms with E-state index in [4.69, 9.17) is 0 Å². The number of nitrogens with one attached hydrogen (secondary N) is 1. The van der Waals surface area contributed by atoms with Gasteiger partial charge in [0, 0.05) is 37.3 Å². The number of carbonyl (C=O) groups is 2. The van der Waals surface area contributed by atoms with Crippen molar-refractivity contribution in [3.05, 3.63) is 30.3 Å². The van der Waals surface area contributed by atoms with Gasteiger partial charge in [-0.25, -0.2) is 0 Å². The molecule has 2 fully saturated rings. The van der Waals surface area contributed by atoms with Gasteiger partial charge in [0.25, 0.3) is 0 Å². The highest BCUT2D eigenvalue weighted by molar-refractivity contribution is 5.91. The molecule has 0 saturated carbocycles. The third-order valence-electron chi connectivity index (χ3n) is 5.26. The maximum Gasteiger partial charge on any atom is 0.248 e. The number of rotatable bonds is 3. The smallest absolute Gasteiger partial charge is 0.248 e. The fraction of sp³-hybridized carbons (Fsp3) is 0.600. The van der Waals surface area contributed by atoms with Crippen molar-refractivity contribution in [1.29, 1.82) is 0 Å². The fourth-order valence-corrected chi connectivity index (χ4v) is 3.58. The van der Waals surface area contributed by atoms with E-state index in [0.29, 0.717) is 25.9 Å². The Bertz CT molecular complexity index is 624. The second kappa shape index (κ2) is 6.70. The number of anilines is 1. The molecule has 2 amide bonds. The number of piperidine rings is 1. The van der Waals surface area contributed by atoms with Crippen LogP contribution in [0.4, 0.5) is 5.69 Å². The van der Waals surface area contributed by atoms with E-state index in [2.05, 4.69) is 5.32 Å². The Morgan fingerprint density at radius 3 is 2.04 bits per heavy atom. The van der Waals surface area contributed by atoms with E-state index < -0.39 is 5.54 Å². The van der Waals surface area contributed by atoms with Gasteiger partial charge in [-0.05, 0) is 31.4 Å². The van der Waals surface area contributed by atoms with Crippen LogP contribution < -0.4 is 5.32 Å². The Balaban J connectivity index is 1.77. The molecule has 1 aromatic carbocycles. The SMILES string of the molecule is CC(C)(C)C(=O)N1CCC(Nc2ccccc2)(C(=O)N2CCC2)CC1. The van der Waals surface area contributed by atoms with Gasteiger partial charge in [-0.2, -0.15) is 0 Å². The number of likely N-dealkylation sites (tertiary alicyclic amines) is 2. The van der Waals surface area contributed by atoms with Crippen molar-refractivity contribution in [2.45, 2.75) is 45.6 Å². The van der Waals surface area contributed by atoms with E-state index in [1.54, 1.807) is 0 Å². The molecule has 0 aliphatic carbocycles. The largest absolute Gasteiger partial charge is 0.371 e. The van der Waals surface area contributed by atoms with Gasteiger partial charge in [0.15, 0.2) is 0 Å². The molecule has 0 radical (unpaired) electrons. The van der Waals surface area contributed by atoms with Crippen molar-refractivity contribution < 1.29 is 9.59 Å². The van der Waals surface area contributed by atoms with Crippen LogP contribution in [0.5, 0.6) is 0 Å². The van der Waals surface area contributed by atoms with Crippen LogP contribution in [0.1, 0.15) is 40.0 Å². The summed E-state index contributed by atoms with van der Waals surface area (Å²) >= 11 is 0. The standard InChI is InChI=1S/C20H29N3O2/c1-19(2,3)17(24)23-14-10-20(11-15-23,18(25)22-12-7-13-22)21-16-8-5-4-6-9-16/h4-6,8-9,21H,7,10-15H2,1-3H3. The molecule has 5 nitrogen and oxygen atoms in total. The van der Waals surface area contributed by atoms with Crippen LogP contribution in [0.2, 0.25) is 0 Å². The minimum absolute atomic E-state index is 0.164. The summed E-state index contributed by atoms with van der Waals surface area (Å²) in [5.41, 5.74) is -0.0166. The molecular weight excluding hydrogens is 314 g/mol. The summed E-state index contributed by atoms with van der Waals surface area (Å²) in [6.45, 7) is 8.79. The molecule has 2 heterocycles. The second-order valence-electron chi connectivity index (χ2n) is 8.26. The van der Waals surface area contributed by atoms with Crippen molar-refractivity contribution in [1.82, 2.24) is 9.80 Å². The highest BCUT2D eigenvalue weighted by atomic mass is 16.2. The van der Waals surface area contributed by atoms with Gasteiger partial charge >= 0.3 is 0 Å². The summed E-state index contributed by atoms with van der Waals surface area (Å²) in [4.78, 5) is 29.6. The highest BCUT2D eigenvalue weighted by Gasteiger charge is 2.46. The molecule has 3 rings (SSSR count). The Hall–Kier alpha value is -2.04. The fourth-order valence-electron chi connectivity index (χ4n) is 3.58. The first-order valence-electron chi connectivity index (χ1n) is 9.24. The number of nitrogens with zero attached hydrogens (tertiary/aromatic N) is 2. The number of hydrogen-bond donors (Lipinski definition) is 1. The van der Waals surface area contributed by atoms with E-state index >= 15 is 0 Å². The molecule has 2 aliphatic rings. The number of para-hydroxylation sites is 1. The van der Waals surface area contributed by atoms with Crippen LogP contribution in [0, 0.1) is 5.41 Å². The number of benzene rings is 1. The van der Waals surface area contributed by atoms with Crippen molar-refractivity contribution >= 4 is 17.5 Å². The first-order chi connectivity index (χ1) is 11.8. The number of amides is 2. The minimum atomic E-state index is -0.601. The Morgan fingerprint density at radius 1 is 0.960 bits per heavy atom. The van der Waals surface area contributed by atoms with Crippen LogP contribution in [0.15, 0.2) is 30.3 Å². The maximum atomic E-state index is 13.1. The number of carbonyl (C=O) groups excluding carboxylic acids is 2. The summed E-state index contributed by atoms with van der Waals surface area (Å²) in [7, 11) is 0. The van der Waals surface area contributed by atoms with Gasteiger partial charge in [0.1, 0.15) is 5.54 Å².